The molecule has 2 N–H and O–H groups in total. The molecule has 3 rings (SSSR count). The number of rotatable bonds is 6. The zero-order valence-electron chi connectivity index (χ0n) is 13.1. The smallest absolute Gasteiger partial charge is 0.315 e. The van der Waals surface area contributed by atoms with Gasteiger partial charge in [0.2, 0.25) is 0 Å². The number of carbonyl (C=O) groups is 1. The van der Waals surface area contributed by atoms with Crippen LogP contribution in [0.15, 0.2) is 24.3 Å². The van der Waals surface area contributed by atoms with E-state index in [0.717, 1.165) is 19.4 Å². The van der Waals surface area contributed by atoms with Crippen LogP contribution in [-0.4, -0.2) is 37.9 Å². The molecule has 1 saturated carbocycles. The minimum atomic E-state index is -0.144. The molecule has 0 unspecified atom stereocenters. The number of benzene rings is 1. The van der Waals surface area contributed by atoms with Crippen LogP contribution in [0.3, 0.4) is 0 Å². The van der Waals surface area contributed by atoms with Gasteiger partial charge < -0.3 is 20.1 Å². The van der Waals surface area contributed by atoms with E-state index >= 15 is 0 Å². The van der Waals surface area contributed by atoms with Crippen molar-refractivity contribution in [2.45, 2.75) is 37.8 Å². The normalized spacial score (nSPS) is 24.0. The Kier molecular flexibility index (Phi) is 5.62. The average molecular weight is 339 g/mol. The van der Waals surface area contributed by atoms with Crippen molar-refractivity contribution < 1.29 is 14.3 Å². The lowest BCUT2D eigenvalue weighted by Crippen LogP contribution is -2.47. The second-order valence-corrected chi connectivity index (χ2v) is 6.55. The largest absolute Gasteiger partial charge is 0.490 e. The van der Waals surface area contributed by atoms with E-state index in [2.05, 4.69) is 10.6 Å². The molecule has 1 aliphatic heterocycles. The van der Waals surface area contributed by atoms with Gasteiger partial charge in [-0.3, -0.25) is 0 Å². The highest BCUT2D eigenvalue weighted by Gasteiger charge is 2.36. The first-order valence-electron chi connectivity index (χ1n) is 8.25. The van der Waals surface area contributed by atoms with Gasteiger partial charge in [0.25, 0.3) is 0 Å². The second kappa shape index (κ2) is 7.88. The fourth-order valence-corrected chi connectivity index (χ4v) is 3.07. The first kappa shape index (κ1) is 16.4. The zero-order valence-corrected chi connectivity index (χ0v) is 13.8. The maximum atomic E-state index is 11.9. The highest BCUT2D eigenvalue weighted by Crippen LogP contribution is 2.38. The molecule has 0 bridgehead atoms. The van der Waals surface area contributed by atoms with Crippen LogP contribution in [0, 0.1) is 5.92 Å². The molecule has 1 heterocycles. The molecule has 126 valence electrons. The van der Waals surface area contributed by atoms with Gasteiger partial charge in [-0.15, -0.1) is 0 Å². The predicted octanol–water partition coefficient (Wildman–Crippen LogP) is 2.98. The number of hydrogen-bond donors (Lipinski definition) is 2. The Bertz CT molecular complexity index is 536. The summed E-state index contributed by atoms with van der Waals surface area (Å²) in [6, 6.07) is 7.36. The van der Waals surface area contributed by atoms with Crippen molar-refractivity contribution in [3.63, 3.8) is 0 Å². The Labute approximate surface area is 141 Å². The van der Waals surface area contributed by atoms with Crippen LogP contribution in [0.5, 0.6) is 5.75 Å². The van der Waals surface area contributed by atoms with Gasteiger partial charge in [-0.2, -0.15) is 0 Å². The highest BCUT2D eigenvalue weighted by atomic mass is 35.5. The molecule has 1 aromatic carbocycles. The number of amides is 2. The van der Waals surface area contributed by atoms with Gasteiger partial charge in [-0.05, 0) is 43.7 Å². The fraction of sp³-hybridized carbons (Fsp3) is 0.588. The number of urea groups is 1. The Balaban J connectivity index is 1.32. The van der Waals surface area contributed by atoms with Crippen LogP contribution in [0.4, 0.5) is 4.79 Å². The molecule has 2 atom stereocenters. The summed E-state index contributed by atoms with van der Waals surface area (Å²) >= 11 is 6.00. The molecule has 2 aliphatic rings. The van der Waals surface area contributed by atoms with Crippen molar-refractivity contribution in [2.24, 2.45) is 5.92 Å². The van der Waals surface area contributed by atoms with E-state index in [4.69, 9.17) is 21.1 Å². The van der Waals surface area contributed by atoms with Crippen LogP contribution in [-0.2, 0) is 4.74 Å². The third kappa shape index (κ3) is 5.01. The van der Waals surface area contributed by atoms with Crippen LogP contribution in [0.1, 0.15) is 25.7 Å². The Morgan fingerprint density at radius 1 is 1.30 bits per heavy atom. The zero-order chi connectivity index (χ0) is 16.1. The molecule has 6 heteroatoms. The highest BCUT2D eigenvalue weighted by molar-refractivity contribution is 6.32. The molecule has 23 heavy (non-hydrogen) atoms. The molecule has 5 nitrogen and oxygen atoms in total. The fourth-order valence-electron chi connectivity index (χ4n) is 2.88. The monoisotopic (exact) mass is 338 g/mol. The lowest BCUT2D eigenvalue weighted by Gasteiger charge is -2.30. The van der Waals surface area contributed by atoms with Crippen molar-refractivity contribution in [3.05, 3.63) is 29.3 Å². The van der Waals surface area contributed by atoms with Crippen molar-refractivity contribution >= 4 is 17.6 Å². The number of nitrogens with one attached hydrogen (secondary N) is 2. The van der Waals surface area contributed by atoms with E-state index in [0.29, 0.717) is 35.9 Å². The molecule has 0 radical (unpaired) electrons. The van der Waals surface area contributed by atoms with Gasteiger partial charge in [0, 0.05) is 12.6 Å². The molecule has 2 amide bonds. The van der Waals surface area contributed by atoms with Crippen LogP contribution < -0.4 is 15.4 Å². The summed E-state index contributed by atoms with van der Waals surface area (Å²) in [7, 11) is 0. The van der Waals surface area contributed by atoms with Gasteiger partial charge in [-0.1, -0.05) is 23.7 Å². The molecule has 0 spiro atoms. The van der Waals surface area contributed by atoms with E-state index in [1.54, 1.807) is 6.07 Å². The van der Waals surface area contributed by atoms with Gasteiger partial charge in [0.1, 0.15) is 12.4 Å². The first-order chi connectivity index (χ1) is 11.2. The van der Waals surface area contributed by atoms with E-state index in [1.165, 1.54) is 12.8 Å². The maximum absolute atomic E-state index is 11.9. The number of hydrogen-bond acceptors (Lipinski definition) is 3. The predicted molar refractivity (Wildman–Crippen MR) is 89.0 cm³/mol. The molecule has 2 fully saturated rings. The van der Waals surface area contributed by atoms with Crippen molar-refractivity contribution in [3.8, 4) is 5.75 Å². The molecular weight excluding hydrogens is 316 g/mol. The van der Waals surface area contributed by atoms with E-state index < -0.39 is 0 Å². The molecule has 1 aromatic rings. The number of carbonyl (C=O) groups excluding carboxylic acids is 1. The van der Waals surface area contributed by atoms with Crippen molar-refractivity contribution in [2.75, 3.05) is 19.8 Å². The Morgan fingerprint density at radius 2 is 2.13 bits per heavy atom. The molecule has 0 aromatic heterocycles. The lowest BCUT2D eigenvalue weighted by molar-refractivity contribution is -0.00914. The number of ether oxygens (including phenoxy) is 2. The summed E-state index contributed by atoms with van der Waals surface area (Å²) < 4.78 is 11.3. The number of halogens is 1. The van der Waals surface area contributed by atoms with Crippen LogP contribution >= 0.6 is 11.6 Å². The van der Waals surface area contributed by atoms with E-state index in [9.17, 15) is 4.79 Å². The van der Waals surface area contributed by atoms with Gasteiger partial charge in [0.05, 0.1) is 17.7 Å². The van der Waals surface area contributed by atoms with E-state index in [1.807, 2.05) is 18.2 Å². The average Bonchev–Trinajstić information content (AvgIpc) is 3.38. The third-order valence-electron chi connectivity index (χ3n) is 4.28. The quantitative estimate of drug-likeness (QED) is 0.784. The first-order valence-corrected chi connectivity index (χ1v) is 8.63. The van der Waals surface area contributed by atoms with Gasteiger partial charge >= 0.3 is 6.03 Å². The lowest BCUT2D eigenvalue weighted by atomic mass is 10.0. The molecule has 1 saturated heterocycles. The van der Waals surface area contributed by atoms with Crippen molar-refractivity contribution in [1.29, 1.82) is 0 Å². The second-order valence-electron chi connectivity index (χ2n) is 6.15. The molecular formula is C17H23ClN2O3. The summed E-state index contributed by atoms with van der Waals surface area (Å²) in [5.74, 6) is 1.35. The van der Waals surface area contributed by atoms with Gasteiger partial charge in [0.15, 0.2) is 0 Å². The Hall–Kier alpha value is -1.46. The SMILES string of the molecule is O=C(NCCOc1ccccc1Cl)N[C@@H]1CCO[C@H](C2CC2)C1. The minimum Gasteiger partial charge on any atom is -0.490 e. The summed E-state index contributed by atoms with van der Waals surface area (Å²) in [5, 5.41) is 6.42. The topological polar surface area (TPSA) is 59.6 Å². The maximum Gasteiger partial charge on any atom is 0.315 e. The van der Waals surface area contributed by atoms with Crippen molar-refractivity contribution in [1.82, 2.24) is 10.6 Å². The van der Waals surface area contributed by atoms with Crippen LogP contribution in [0.2, 0.25) is 5.02 Å². The summed E-state index contributed by atoms with van der Waals surface area (Å²) in [6.07, 6.45) is 4.67. The Morgan fingerprint density at radius 3 is 2.91 bits per heavy atom. The van der Waals surface area contributed by atoms with Crippen LogP contribution in [0.25, 0.3) is 0 Å². The van der Waals surface area contributed by atoms with Gasteiger partial charge in [-0.25, -0.2) is 4.79 Å². The third-order valence-corrected chi connectivity index (χ3v) is 4.59. The summed E-state index contributed by atoms with van der Waals surface area (Å²) in [5.41, 5.74) is 0. The minimum absolute atomic E-state index is 0.144. The molecule has 1 aliphatic carbocycles. The number of para-hydroxylation sites is 1. The van der Waals surface area contributed by atoms with E-state index in [-0.39, 0.29) is 12.1 Å². The standard InChI is InChI=1S/C17H23ClN2O3/c18-14-3-1-2-4-15(14)23-10-8-19-17(21)20-13-7-9-22-16(11-13)12-5-6-12/h1-4,12-13,16H,5-11H2,(H2,19,20,21)/t13-,16+/m1/s1. The summed E-state index contributed by atoms with van der Waals surface area (Å²) in [4.78, 5) is 11.9. The summed E-state index contributed by atoms with van der Waals surface area (Å²) in [6.45, 7) is 1.56.